The number of ether oxygens (including phenoxy) is 2. The molecule has 0 amide bonds. The fourth-order valence-electron chi connectivity index (χ4n) is 3.90. The molecule has 174 valence electrons. The highest BCUT2D eigenvalue weighted by molar-refractivity contribution is 7.90. The molecule has 0 N–H and O–H groups in total. The second-order valence-electron chi connectivity index (χ2n) is 8.58. The molecule has 1 aliphatic heterocycles. The smallest absolute Gasteiger partial charge is 0.242 e. The minimum Gasteiger partial charge on any atom is -0.473 e. The Bertz CT molecular complexity index is 1250. The fraction of sp³-hybridized carbons (Fsp3) is 0.435. The van der Waals surface area contributed by atoms with Gasteiger partial charge in [-0.25, -0.2) is 18.4 Å². The van der Waals surface area contributed by atoms with Gasteiger partial charge in [0.1, 0.15) is 12.7 Å². The standard InChI is InChI=1S/C23H27N5O4S/c1-27(2)17-5-3-16(4-6-17)20-13-21-22(25-10-9-24-21)23(26-20)32-15-18-14-28(11-12-31-18)33(29,30)19-7-8-19/h3-6,9-10,13,18-19H,7-8,11-12,14-15H2,1-2H3/t18-/m0/s1. The van der Waals surface area contributed by atoms with Crippen molar-refractivity contribution in [3.05, 3.63) is 42.7 Å². The number of morpholine rings is 1. The predicted molar refractivity (Wildman–Crippen MR) is 126 cm³/mol. The number of sulfonamides is 1. The van der Waals surface area contributed by atoms with Gasteiger partial charge < -0.3 is 14.4 Å². The third kappa shape index (κ3) is 4.64. The number of fused-ring (bicyclic) bond motifs is 1. The SMILES string of the molecule is CN(C)c1ccc(-c2cc3nccnc3c(OC[C@@H]3CN(S(=O)(=O)C4CC4)CCO3)n2)cc1. The highest BCUT2D eigenvalue weighted by atomic mass is 32.2. The molecule has 1 aliphatic carbocycles. The molecule has 0 unspecified atom stereocenters. The fourth-order valence-corrected chi connectivity index (χ4v) is 5.75. The van der Waals surface area contributed by atoms with Crippen LogP contribution in [0.25, 0.3) is 22.3 Å². The average Bonchev–Trinajstić information content (AvgIpc) is 3.69. The van der Waals surface area contributed by atoms with Crippen LogP contribution in [0, 0.1) is 0 Å². The molecular formula is C23H27N5O4S. The Labute approximate surface area is 193 Å². The maximum Gasteiger partial charge on any atom is 0.242 e. The quantitative estimate of drug-likeness (QED) is 0.520. The molecule has 0 radical (unpaired) electrons. The van der Waals surface area contributed by atoms with E-state index in [9.17, 15) is 8.42 Å². The van der Waals surface area contributed by atoms with E-state index in [0.717, 1.165) is 29.8 Å². The molecule has 5 rings (SSSR count). The highest BCUT2D eigenvalue weighted by Gasteiger charge is 2.42. The van der Waals surface area contributed by atoms with Crippen molar-refractivity contribution in [2.24, 2.45) is 0 Å². The number of nitrogens with zero attached hydrogens (tertiary/aromatic N) is 5. The number of hydrogen-bond acceptors (Lipinski definition) is 8. The zero-order valence-corrected chi connectivity index (χ0v) is 19.5. The second-order valence-corrected chi connectivity index (χ2v) is 10.8. The third-order valence-electron chi connectivity index (χ3n) is 5.92. The summed E-state index contributed by atoms with van der Waals surface area (Å²) in [4.78, 5) is 15.6. The Morgan fingerprint density at radius 3 is 2.64 bits per heavy atom. The van der Waals surface area contributed by atoms with E-state index >= 15 is 0 Å². The summed E-state index contributed by atoms with van der Waals surface area (Å²) in [6, 6.07) is 9.97. The van der Waals surface area contributed by atoms with Crippen LogP contribution in [0.5, 0.6) is 5.88 Å². The largest absolute Gasteiger partial charge is 0.473 e. The molecule has 9 nitrogen and oxygen atoms in total. The van der Waals surface area contributed by atoms with Gasteiger partial charge in [-0.2, -0.15) is 4.31 Å². The lowest BCUT2D eigenvalue weighted by Crippen LogP contribution is -2.48. The van der Waals surface area contributed by atoms with Crippen molar-refractivity contribution in [2.45, 2.75) is 24.2 Å². The number of hydrogen-bond donors (Lipinski definition) is 0. The maximum absolute atomic E-state index is 12.6. The number of anilines is 1. The van der Waals surface area contributed by atoms with Gasteiger partial charge >= 0.3 is 0 Å². The minimum atomic E-state index is -3.24. The zero-order valence-electron chi connectivity index (χ0n) is 18.7. The van der Waals surface area contributed by atoms with Crippen molar-refractivity contribution < 1.29 is 17.9 Å². The summed E-state index contributed by atoms with van der Waals surface area (Å²) < 4.78 is 38.6. The first-order valence-electron chi connectivity index (χ1n) is 11.0. The zero-order chi connectivity index (χ0) is 23.0. The van der Waals surface area contributed by atoms with Gasteiger partial charge in [0.25, 0.3) is 0 Å². The topological polar surface area (TPSA) is 97.8 Å². The molecule has 1 saturated heterocycles. The summed E-state index contributed by atoms with van der Waals surface area (Å²) in [5.74, 6) is 0.359. The van der Waals surface area contributed by atoms with Gasteiger partial charge in [0.15, 0.2) is 5.52 Å². The van der Waals surface area contributed by atoms with E-state index in [1.54, 1.807) is 12.4 Å². The summed E-state index contributed by atoms with van der Waals surface area (Å²) in [5, 5.41) is -0.228. The first-order chi connectivity index (χ1) is 15.9. The molecule has 33 heavy (non-hydrogen) atoms. The summed E-state index contributed by atoms with van der Waals surface area (Å²) in [6.45, 7) is 1.21. The second kappa shape index (κ2) is 8.85. The summed E-state index contributed by atoms with van der Waals surface area (Å²) in [6.07, 6.45) is 4.36. The number of benzene rings is 1. The number of rotatable bonds is 7. The van der Waals surface area contributed by atoms with Gasteiger partial charge in [0.05, 0.1) is 23.1 Å². The normalized spacial score (nSPS) is 19.5. The van der Waals surface area contributed by atoms with Gasteiger partial charge in [-0.1, -0.05) is 12.1 Å². The van der Waals surface area contributed by atoms with Crippen LogP contribution in [0.4, 0.5) is 5.69 Å². The van der Waals surface area contributed by atoms with Gasteiger partial charge in [0.2, 0.25) is 15.9 Å². The van der Waals surface area contributed by atoms with Crippen LogP contribution >= 0.6 is 0 Å². The molecule has 0 spiro atoms. The van der Waals surface area contributed by atoms with Crippen LogP contribution in [-0.2, 0) is 14.8 Å². The van der Waals surface area contributed by atoms with Crippen LogP contribution in [0.3, 0.4) is 0 Å². The molecule has 2 aliphatic rings. The Morgan fingerprint density at radius 2 is 1.91 bits per heavy atom. The molecule has 1 atom stereocenters. The Morgan fingerprint density at radius 1 is 1.15 bits per heavy atom. The summed E-state index contributed by atoms with van der Waals surface area (Å²) in [5.41, 5.74) is 4.00. The van der Waals surface area contributed by atoms with Gasteiger partial charge in [-0.15, -0.1) is 0 Å². The van der Waals surface area contributed by atoms with Crippen molar-refractivity contribution in [1.82, 2.24) is 19.3 Å². The highest BCUT2D eigenvalue weighted by Crippen LogP contribution is 2.32. The maximum atomic E-state index is 12.6. The first-order valence-corrected chi connectivity index (χ1v) is 12.5. The monoisotopic (exact) mass is 469 g/mol. The minimum absolute atomic E-state index is 0.179. The van der Waals surface area contributed by atoms with Gasteiger partial charge in [-0.3, -0.25) is 4.98 Å². The van der Waals surface area contributed by atoms with Crippen LogP contribution in [0.2, 0.25) is 0 Å². The molecule has 0 bridgehead atoms. The van der Waals surface area contributed by atoms with E-state index in [0.29, 0.717) is 30.1 Å². The lowest BCUT2D eigenvalue weighted by atomic mass is 10.1. The molecule has 2 fully saturated rings. The summed E-state index contributed by atoms with van der Waals surface area (Å²) >= 11 is 0. The Kier molecular flexibility index (Phi) is 5.90. The van der Waals surface area contributed by atoms with E-state index in [1.165, 1.54) is 4.31 Å². The summed E-state index contributed by atoms with van der Waals surface area (Å²) in [7, 11) is 0.755. The average molecular weight is 470 g/mol. The van der Waals surface area contributed by atoms with Crippen LogP contribution in [-0.4, -0.2) is 79.4 Å². The van der Waals surface area contributed by atoms with Crippen molar-refractivity contribution in [1.29, 1.82) is 0 Å². The van der Waals surface area contributed by atoms with Crippen molar-refractivity contribution in [2.75, 3.05) is 45.3 Å². The van der Waals surface area contributed by atoms with Gasteiger partial charge in [0, 0.05) is 50.8 Å². The molecular weight excluding hydrogens is 442 g/mol. The molecule has 1 aromatic carbocycles. The lowest BCUT2D eigenvalue weighted by molar-refractivity contribution is -0.0254. The van der Waals surface area contributed by atoms with Crippen LogP contribution in [0.1, 0.15) is 12.8 Å². The predicted octanol–water partition coefficient (Wildman–Crippen LogP) is 2.33. The molecule has 1 saturated carbocycles. The Hall–Kier alpha value is -2.82. The van der Waals surface area contributed by atoms with E-state index in [2.05, 4.69) is 9.97 Å². The lowest BCUT2D eigenvalue weighted by Gasteiger charge is -2.32. The molecule has 3 heterocycles. The van der Waals surface area contributed by atoms with E-state index in [4.69, 9.17) is 14.5 Å². The van der Waals surface area contributed by atoms with E-state index < -0.39 is 10.0 Å². The van der Waals surface area contributed by atoms with Gasteiger partial charge in [-0.05, 0) is 31.0 Å². The molecule has 3 aromatic rings. The van der Waals surface area contributed by atoms with E-state index in [1.807, 2.05) is 49.3 Å². The molecule has 2 aromatic heterocycles. The van der Waals surface area contributed by atoms with Crippen molar-refractivity contribution >= 4 is 26.7 Å². The first kappa shape index (κ1) is 22.0. The van der Waals surface area contributed by atoms with Crippen molar-refractivity contribution in [3.63, 3.8) is 0 Å². The van der Waals surface area contributed by atoms with Crippen LogP contribution in [0.15, 0.2) is 42.7 Å². The molecule has 10 heteroatoms. The number of aromatic nitrogens is 3. The Balaban J connectivity index is 1.37. The third-order valence-corrected chi connectivity index (χ3v) is 8.28. The van der Waals surface area contributed by atoms with E-state index in [-0.39, 0.29) is 24.5 Å². The van der Waals surface area contributed by atoms with Crippen molar-refractivity contribution in [3.8, 4) is 17.1 Å². The van der Waals surface area contributed by atoms with Crippen LogP contribution < -0.4 is 9.64 Å². The number of pyridine rings is 1.